The molecule has 0 aliphatic carbocycles. The molecule has 0 heteroatoms. The number of hydrogen-bond donors (Lipinski definition) is 0. The van der Waals surface area contributed by atoms with Crippen LogP contribution in [0.5, 0.6) is 0 Å². The van der Waals surface area contributed by atoms with Gasteiger partial charge in [0.05, 0.1) is 0 Å². The first-order valence-electron chi connectivity index (χ1n) is 7.02. The van der Waals surface area contributed by atoms with Crippen LogP contribution in [-0.2, 0) is 0 Å². The second-order valence-electron chi connectivity index (χ2n) is 4.86. The highest BCUT2D eigenvalue weighted by Crippen LogP contribution is 2.26. The summed E-state index contributed by atoms with van der Waals surface area (Å²) < 4.78 is 0. The van der Waals surface area contributed by atoms with E-state index in [2.05, 4.69) is 45.6 Å². The fourth-order valence-electron chi connectivity index (χ4n) is 2.21. The Morgan fingerprint density at radius 1 is 1.12 bits per heavy atom. The summed E-state index contributed by atoms with van der Waals surface area (Å²) in [6.45, 7) is 10.8. The van der Waals surface area contributed by atoms with Gasteiger partial charge in [-0.05, 0) is 37.5 Å². The number of rotatable bonds is 10. The molecule has 94 valence electrons. The minimum Gasteiger partial charge on any atom is -0.103 e. The Morgan fingerprint density at radius 3 is 2.44 bits per heavy atom. The van der Waals surface area contributed by atoms with Crippen LogP contribution in [0.1, 0.15) is 65.7 Å². The SMILES string of the molecule is C=CCC(CCC=CCC)C(C)CCCC. The highest BCUT2D eigenvalue weighted by molar-refractivity contribution is 4.83. The summed E-state index contributed by atoms with van der Waals surface area (Å²) in [6.07, 6.45) is 15.7. The van der Waals surface area contributed by atoms with E-state index >= 15 is 0 Å². The van der Waals surface area contributed by atoms with Gasteiger partial charge in [-0.1, -0.05) is 58.3 Å². The largest absolute Gasteiger partial charge is 0.103 e. The summed E-state index contributed by atoms with van der Waals surface area (Å²) in [6, 6.07) is 0. The van der Waals surface area contributed by atoms with Gasteiger partial charge in [-0.3, -0.25) is 0 Å². The molecule has 0 saturated carbocycles. The molecule has 0 fully saturated rings. The zero-order chi connectivity index (χ0) is 12.2. The maximum absolute atomic E-state index is 3.89. The third-order valence-electron chi connectivity index (χ3n) is 3.39. The van der Waals surface area contributed by atoms with E-state index in [-0.39, 0.29) is 0 Å². The van der Waals surface area contributed by atoms with Crippen LogP contribution in [0.15, 0.2) is 24.8 Å². The van der Waals surface area contributed by atoms with Gasteiger partial charge in [0.15, 0.2) is 0 Å². The van der Waals surface area contributed by atoms with Crippen LogP contribution in [0.25, 0.3) is 0 Å². The summed E-state index contributed by atoms with van der Waals surface area (Å²) in [4.78, 5) is 0. The topological polar surface area (TPSA) is 0 Å². The minimum atomic E-state index is 0.838. The third kappa shape index (κ3) is 7.73. The van der Waals surface area contributed by atoms with Crippen LogP contribution in [-0.4, -0.2) is 0 Å². The summed E-state index contributed by atoms with van der Waals surface area (Å²) >= 11 is 0. The van der Waals surface area contributed by atoms with Gasteiger partial charge in [0, 0.05) is 0 Å². The van der Waals surface area contributed by atoms with E-state index in [9.17, 15) is 0 Å². The molecule has 2 unspecified atom stereocenters. The fourth-order valence-corrected chi connectivity index (χ4v) is 2.21. The predicted octanol–water partition coefficient (Wildman–Crippen LogP) is 5.75. The highest BCUT2D eigenvalue weighted by Gasteiger charge is 2.14. The Kier molecular flexibility index (Phi) is 10.6. The Balaban J connectivity index is 3.93. The second-order valence-corrected chi connectivity index (χ2v) is 4.86. The van der Waals surface area contributed by atoms with Gasteiger partial charge in [0.2, 0.25) is 0 Å². The summed E-state index contributed by atoms with van der Waals surface area (Å²) in [5.74, 6) is 1.69. The quantitative estimate of drug-likeness (QED) is 0.413. The first kappa shape index (κ1) is 15.5. The molecule has 0 aliphatic rings. The predicted molar refractivity (Wildman–Crippen MR) is 75.7 cm³/mol. The molecule has 0 rings (SSSR count). The van der Waals surface area contributed by atoms with Crippen LogP contribution in [0, 0.1) is 11.8 Å². The van der Waals surface area contributed by atoms with E-state index in [0.29, 0.717) is 0 Å². The van der Waals surface area contributed by atoms with Gasteiger partial charge in [-0.2, -0.15) is 0 Å². The average Bonchev–Trinajstić information content (AvgIpc) is 2.30. The lowest BCUT2D eigenvalue weighted by Gasteiger charge is -2.22. The molecule has 2 atom stereocenters. The lowest BCUT2D eigenvalue weighted by molar-refractivity contribution is 0.315. The molecule has 0 aromatic carbocycles. The van der Waals surface area contributed by atoms with Gasteiger partial charge in [-0.25, -0.2) is 0 Å². The van der Waals surface area contributed by atoms with Crippen molar-refractivity contribution in [2.75, 3.05) is 0 Å². The van der Waals surface area contributed by atoms with Gasteiger partial charge < -0.3 is 0 Å². The first-order valence-corrected chi connectivity index (χ1v) is 7.02. The molecule has 0 nitrogen and oxygen atoms in total. The van der Waals surface area contributed by atoms with Gasteiger partial charge in [0.25, 0.3) is 0 Å². The van der Waals surface area contributed by atoms with Crippen molar-refractivity contribution in [1.29, 1.82) is 0 Å². The Morgan fingerprint density at radius 2 is 1.88 bits per heavy atom. The molecule has 16 heavy (non-hydrogen) atoms. The minimum absolute atomic E-state index is 0.838. The first-order chi connectivity index (χ1) is 7.76. The molecule has 0 spiro atoms. The van der Waals surface area contributed by atoms with Crippen LogP contribution in [0.3, 0.4) is 0 Å². The molecule has 0 aliphatic heterocycles. The van der Waals surface area contributed by atoms with Crippen molar-refractivity contribution in [3.8, 4) is 0 Å². The zero-order valence-corrected chi connectivity index (χ0v) is 11.5. The van der Waals surface area contributed by atoms with Crippen molar-refractivity contribution in [2.24, 2.45) is 11.8 Å². The number of hydrogen-bond acceptors (Lipinski definition) is 0. The van der Waals surface area contributed by atoms with E-state index in [0.717, 1.165) is 18.3 Å². The normalized spacial score (nSPS) is 15.2. The Hall–Kier alpha value is -0.520. The molecule has 0 aromatic heterocycles. The molecule has 0 aromatic rings. The smallest absolute Gasteiger partial charge is 0.0322 e. The van der Waals surface area contributed by atoms with Crippen molar-refractivity contribution in [3.05, 3.63) is 24.8 Å². The molecule has 0 bridgehead atoms. The van der Waals surface area contributed by atoms with Crippen molar-refractivity contribution in [3.63, 3.8) is 0 Å². The molecule has 0 amide bonds. The average molecular weight is 222 g/mol. The third-order valence-corrected chi connectivity index (χ3v) is 3.39. The molecule has 0 saturated heterocycles. The fraction of sp³-hybridized carbons (Fsp3) is 0.750. The van der Waals surface area contributed by atoms with Crippen LogP contribution < -0.4 is 0 Å². The van der Waals surface area contributed by atoms with E-state index in [4.69, 9.17) is 0 Å². The summed E-state index contributed by atoms with van der Waals surface area (Å²) in [7, 11) is 0. The summed E-state index contributed by atoms with van der Waals surface area (Å²) in [5.41, 5.74) is 0. The molecular weight excluding hydrogens is 192 g/mol. The monoisotopic (exact) mass is 222 g/mol. The highest BCUT2D eigenvalue weighted by atomic mass is 14.2. The second kappa shape index (κ2) is 11.0. The van der Waals surface area contributed by atoms with Gasteiger partial charge in [-0.15, -0.1) is 6.58 Å². The maximum Gasteiger partial charge on any atom is -0.0322 e. The lowest BCUT2D eigenvalue weighted by Crippen LogP contribution is -2.11. The van der Waals surface area contributed by atoms with Crippen molar-refractivity contribution in [2.45, 2.75) is 65.7 Å². The van der Waals surface area contributed by atoms with Crippen molar-refractivity contribution >= 4 is 0 Å². The Labute approximate surface area is 103 Å². The molecular formula is C16H30. The Bertz CT molecular complexity index is 178. The molecule has 0 N–H and O–H groups in total. The van der Waals surface area contributed by atoms with Crippen LogP contribution >= 0.6 is 0 Å². The maximum atomic E-state index is 3.89. The number of unbranched alkanes of at least 4 members (excludes halogenated alkanes) is 1. The van der Waals surface area contributed by atoms with Crippen molar-refractivity contribution in [1.82, 2.24) is 0 Å². The number of allylic oxidation sites excluding steroid dienone is 3. The summed E-state index contributed by atoms with van der Waals surface area (Å²) in [5, 5.41) is 0. The van der Waals surface area contributed by atoms with Crippen molar-refractivity contribution < 1.29 is 0 Å². The van der Waals surface area contributed by atoms with E-state index < -0.39 is 0 Å². The zero-order valence-electron chi connectivity index (χ0n) is 11.5. The van der Waals surface area contributed by atoms with Gasteiger partial charge in [0.1, 0.15) is 0 Å². The standard InChI is InChI=1S/C16H30/c1-5-8-10-11-14-16(12-7-3)15(4)13-9-6-2/h7-8,10,15-16H,3,5-6,9,11-14H2,1-2,4H3. The van der Waals surface area contributed by atoms with E-state index in [1.54, 1.807) is 0 Å². The van der Waals surface area contributed by atoms with E-state index in [1.807, 2.05) is 0 Å². The molecule has 0 heterocycles. The van der Waals surface area contributed by atoms with Gasteiger partial charge >= 0.3 is 0 Å². The molecule has 0 radical (unpaired) electrons. The van der Waals surface area contributed by atoms with E-state index in [1.165, 1.54) is 38.5 Å². The van der Waals surface area contributed by atoms with Crippen LogP contribution in [0.2, 0.25) is 0 Å². The lowest BCUT2D eigenvalue weighted by atomic mass is 9.84. The van der Waals surface area contributed by atoms with Crippen LogP contribution in [0.4, 0.5) is 0 Å².